The van der Waals surface area contributed by atoms with Gasteiger partial charge in [0.1, 0.15) is 0 Å². The van der Waals surface area contributed by atoms with Crippen LogP contribution in [0.2, 0.25) is 0 Å². The summed E-state index contributed by atoms with van der Waals surface area (Å²) >= 11 is 0. The molecule has 1 aliphatic heterocycles. The first-order chi connectivity index (χ1) is 12.2. The lowest BCUT2D eigenvalue weighted by Crippen LogP contribution is -2.31. The second kappa shape index (κ2) is 7.49. The highest BCUT2D eigenvalue weighted by molar-refractivity contribution is 5.82. The number of methoxy groups -OCH3 is 2. The van der Waals surface area contributed by atoms with Gasteiger partial charge < -0.3 is 14.2 Å². The molecule has 2 aromatic rings. The molecule has 4 atom stereocenters. The summed E-state index contributed by atoms with van der Waals surface area (Å²) < 4.78 is 16.0. The van der Waals surface area contributed by atoms with Crippen LogP contribution >= 0.6 is 0 Å². The molecular formula is C20H20O5. The Bertz CT molecular complexity index is 728. The highest BCUT2D eigenvalue weighted by atomic mass is 16.6. The van der Waals surface area contributed by atoms with Crippen molar-refractivity contribution in [2.45, 2.75) is 18.1 Å². The first kappa shape index (κ1) is 17.2. The van der Waals surface area contributed by atoms with Gasteiger partial charge in [0.05, 0.1) is 26.2 Å². The third kappa shape index (κ3) is 3.28. The quantitative estimate of drug-likeness (QED) is 0.801. The minimum atomic E-state index is -0.873. The first-order valence-corrected chi connectivity index (χ1v) is 8.08. The van der Waals surface area contributed by atoms with E-state index in [1.165, 1.54) is 14.2 Å². The van der Waals surface area contributed by atoms with E-state index in [0.717, 1.165) is 11.1 Å². The van der Waals surface area contributed by atoms with Crippen molar-refractivity contribution in [3.05, 3.63) is 71.8 Å². The highest BCUT2D eigenvalue weighted by Gasteiger charge is 2.53. The Balaban J connectivity index is 2.09. The Morgan fingerprint density at radius 1 is 0.800 bits per heavy atom. The number of benzene rings is 2. The summed E-state index contributed by atoms with van der Waals surface area (Å²) in [7, 11) is 2.66. The van der Waals surface area contributed by atoms with Crippen molar-refractivity contribution in [3.63, 3.8) is 0 Å². The van der Waals surface area contributed by atoms with Crippen molar-refractivity contribution in [2.75, 3.05) is 14.2 Å². The molecule has 5 heteroatoms. The molecule has 130 valence electrons. The molecule has 1 fully saturated rings. The van der Waals surface area contributed by atoms with Crippen molar-refractivity contribution in [3.8, 4) is 0 Å². The van der Waals surface area contributed by atoms with Gasteiger partial charge in [0.2, 0.25) is 0 Å². The molecule has 0 radical (unpaired) electrons. The average molecular weight is 340 g/mol. The van der Waals surface area contributed by atoms with Gasteiger partial charge in [-0.05, 0) is 11.1 Å². The van der Waals surface area contributed by atoms with E-state index < -0.39 is 36.0 Å². The molecule has 0 saturated carbocycles. The van der Waals surface area contributed by atoms with E-state index in [4.69, 9.17) is 14.2 Å². The van der Waals surface area contributed by atoms with Crippen molar-refractivity contribution >= 4 is 11.9 Å². The predicted octanol–water partition coefficient (Wildman–Crippen LogP) is 2.87. The van der Waals surface area contributed by atoms with Crippen molar-refractivity contribution < 1.29 is 23.8 Å². The van der Waals surface area contributed by atoms with Crippen LogP contribution < -0.4 is 0 Å². The van der Waals surface area contributed by atoms with Crippen LogP contribution in [-0.4, -0.2) is 32.3 Å². The van der Waals surface area contributed by atoms with Crippen molar-refractivity contribution in [2.24, 2.45) is 5.92 Å². The maximum Gasteiger partial charge on any atom is 0.335 e. The molecular weight excluding hydrogens is 320 g/mol. The van der Waals surface area contributed by atoms with Crippen LogP contribution in [-0.2, 0) is 23.8 Å². The average Bonchev–Trinajstić information content (AvgIpc) is 3.08. The molecule has 0 unspecified atom stereocenters. The Morgan fingerprint density at radius 2 is 1.32 bits per heavy atom. The summed E-state index contributed by atoms with van der Waals surface area (Å²) in [6.45, 7) is 0. The van der Waals surface area contributed by atoms with E-state index in [9.17, 15) is 9.59 Å². The van der Waals surface area contributed by atoms with E-state index in [0.29, 0.717) is 0 Å². The fourth-order valence-corrected chi connectivity index (χ4v) is 3.41. The maximum absolute atomic E-state index is 12.6. The fourth-order valence-electron chi connectivity index (χ4n) is 3.41. The number of carbonyl (C=O) groups is 2. The van der Waals surface area contributed by atoms with E-state index >= 15 is 0 Å². The summed E-state index contributed by atoms with van der Waals surface area (Å²) in [4.78, 5) is 24.9. The van der Waals surface area contributed by atoms with Crippen molar-refractivity contribution in [1.82, 2.24) is 0 Å². The van der Waals surface area contributed by atoms with Gasteiger partial charge in [-0.25, -0.2) is 4.79 Å². The number of hydrogen-bond acceptors (Lipinski definition) is 5. The lowest BCUT2D eigenvalue weighted by molar-refractivity contribution is -0.154. The van der Waals surface area contributed by atoms with Gasteiger partial charge in [0, 0.05) is 5.92 Å². The molecule has 0 amide bonds. The zero-order valence-electron chi connectivity index (χ0n) is 14.1. The number of esters is 2. The SMILES string of the molecule is COC(=O)[C@H]1[C@H](c2ccccc2)[C@H](C(=O)OC)O[C@H]1c1ccccc1. The fraction of sp³-hybridized carbons (Fsp3) is 0.300. The second-order valence-corrected chi connectivity index (χ2v) is 5.90. The molecule has 3 rings (SSSR count). The molecule has 25 heavy (non-hydrogen) atoms. The van der Waals surface area contributed by atoms with E-state index in [1.54, 1.807) is 0 Å². The number of carbonyl (C=O) groups excluding carboxylic acids is 2. The zero-order valence-corrected chi connectivity index (χ0v) is 14.1. The molecule has 1 heterocycles. The lowest BCUT2D eigenvalue weighted by Gasteiger charge is -2.22. The number of hydrogen-bond donors (Lipinski definition) is 0. The van der Waals surface area contributed by atoms with E-state index in [2.05, 4.69) is 0 Å². The number of rotatable bonds is 4. The monoisotopic (exact) mass is 340 g/mol. The van der Waals surface area contributed by atoms with E-state index in [1.807, 2.05) is 60.7 Å². The Labute approximate surface area is 146 Å². The zero-order chi connectivity index (χ0) is 17.8. The minimum absolute atomic E-state index is 0.408. The van der Waals surface area contributed by atoms with Crippen molar-refractivity contribution in [1.29, 1.82) is 0 Å². The molecule has 0 bridgehead atoms. The van der Waals surface area contributed by atoms with Gasteiger partial charge in [-0.15, -0.1) is 0 Å². The van der Waals surface area contributed by atoms with Crippen LogP contribution in [0.3, 0.4) is 0 Å². The molecule has 5 nitrogen and oxygen atoms in total. The molecule has 0 aromatic heterocycles. The van der Waals surface area contributed by atoms with Gasteiger partial charge in [-0.3, -0.25) is 4.79 Å². The normalized spacial score (nSPS) is 25.4. The van der Waals surface area contributed by atoms with Gasteiger partial charge >= 0.3 is 11.9 Å². The van der Waals surface area contributed by atoms with Gasteiger partial charge in [-0.2, -0.15) is 0 Å². The highest BCUT2D eigenvalue weighted by Crippen LogP contribution is 2.48. The summed E-state index contributed by atoms with van der Waals surface area (Å²) in [6.07, 6.45) is -1.45. The van der Waals surface area contributed by atoms with Crippen LogP contribution in [0, 0.1) is 5.92 Å². The van der Waals surface area contributed by atoms with Crippen LogP contribution in [0.1, 0.15) is 23.1 Å². The summed E-state index contributed by atoms with van der Waals surface area (Å²) in [5.41, 5.74) is 1.66. The molecule has 1 saturated heterocycles. The molecule has 0 aliphatic carbocycles. The Hall–Kier alpha value is -2.66. The largest absolute Gasteiger partial charge is 0.469 e. The summed E-state index contributed by atoms with van der Waals surface area (Å²) in [6, 6.07) is 18.8. The molecule has 2 aromatic carbocycles. The third-order valence-electron chi connectivity index (χ3n) is 4.55. The lowest BCUT2D eigenvalue weighted by atomic mass is 9.80. The number of ether oxygens (including phenoxy) is 3. The summed E-state index contributed by atoms with van der Waals surface area (Å²) in [5, 5.41) is 0. The van der Waals surface area contributed by atoms with Crippen LogP contribution in [0.15, 0.2) is 60.7 Å². The molecule has 1 aliphatic rings. The Kier molecular flexibility index (Phi) is 5.14. The maximum atomic E-state index is 12.6. The predicted molar refractivity (Wildman–Crippen MR) is 90.8 cm³/mol. The first-order valence-electron chi connectivity index (χ1n) is 8.08. The smallest absolute Gasteiger partial charge is 0.335 e. The van der Waals surface area contributed by atoms with Gasteiger partial charge in [-0.1, -0.05) is 60.7 Å². The van der Waals surface area contributed by atoms with Crippen LogP contribution in [0.25, 0.3) is 0 Å². The van der Waals surface area contributed by atoms with Gasteiger partial charge in [0.15, 0.2) is 6.10 Å². The van der Waals surface area contributed by atoms with E-state index in [-0.39, 0.29) is 0 Å². The van der Waals surface area contributed by atoms with Gasteiger partial charge in [0.25, 0.3) is 0 Å². The topological polar surface area (TPSA) is 61.8 Å². The summed E-state index contributed by atoms with van der Waals surface area (Å²) in [5.74, 6) is -2.03. The van der Waals surface area contributed by atoms with Crippen LogP contribution in [0.5, 0.6) is 0 Å². The molecule has 0 N–H and O–H groups in total. The minimum Gasteiger partial charge on any atom is -0.469 e. The standard InChI is InChI=1S/C20H20O5/c1-23-19(21)16-15(13-9-5-3-6-10-13)18(20(22)24-2)25-17(16)14-11-7-4-8-12-14/h3-12,15-18H,1-2H3/t15-,16-,17-,18+/m0/s1. The van der Waals surface area contributed by atoms with Crippen LogP contribution in [0.4, 0.5) is 0 Å². The molecule has 0 spiro atoms. The second-order valence-electron chi connectivity index (χ2n) is 5.90. The Morgan fingerprint density at radius 3 is 1.84 bits per heavy atom. The third-order valence-corrected chi connectivity index (χ3v) is 4.55.